The Bertz CT molecular complexity index is 1260. The summed E-state index contributed by atoms with van der Waals surface area (Å²) < 4.78 is 27.8. The lowest BCUT2D eigenvalue weighted by molar-refractivity contribution is 0.0934. The first-order valence-corrected chi connectivity index (χ1v) is 11.5. The summed E-state index contributed by atoms with van der Waals surface area (Å²) in [4.78, 5) is 25.4. The number of nitrogens with zero attached hydrogens (tertiary/aromatic N) is 3. The normalized spacial score (nSPS) is 12.8. The number of aromatic nitrogens is 2. The van der Waals surface area contributed by atoms with E-state index in [4.69, 9.17) is 0 Å². The highest BCUT2D eigenvalue weighted by Crippen LogP contribution is 2.20. The van der Waals surface area contributed by atoms with Crippen molar-refractivity contribution < 1.29 is 13.2 Å². The van der Waals surface area contributed by atoms with Gasteiger partial charge in [-0.2, -0.15) is 9.40 Å². The van der Waals surface area contributed by atoms with E-state index in [0.29, 0.717) is 23.9 Å². The summed E-state index contributed by atoms with van der Waals surface area (Å²) >= 11 is 0. The smallest absolute Gasteiger partial charge is 0.274 e. The Hall–Kier alpha value is -3.04. The first-order chi connectivity index (χ1) is 14.7. The fourth-order valence-electron chi connectivity index (χ4n) is 3.46. The molecule has 9 heteroatoms. The molecule has 8 nitrogen and oxygen atoms in total. The summed E-state index contributed by atoms with van der Waals surface area (Å²) in [5.41, 5.74) is 0.636. The fourth-order valence-corrected chi connectivity index (χ4v) is 4.91. The fraction of sp³-hybridized carbons (Fsp3) is 0.318. The van der Waals surface area contributed by atoms with Gasteiger partial charge in [0.2, 0.25) is 10.0 Å². The SMILES string of the molecule is CCN(CC)S(=O)(=O)c1ccc([C@@H](C)NC(=O)c2nn(C)c(=O)c3ccccc23)cc1. The van der Waals surface area contributed by atoms with Gasteiger partial charge < -0.3 is 5.32 Å². The van der Waals surface area contributed by atoms with Crippen molar-refractivity contribution in [3.05, 3.63) is 70.1 Å². The molecule has 3 aromatic rings. The third-order valence-electron chi connectivity index (χ3n) is 5.24. The van der Waals surface area contributed by atoms with E-state index < -0.39 is 22.0 Å². The van der Waals surface area contributed by atoms with Gasteiger partial charge in [0.15, 0.2) is 5.69 Å². The van der Waals surface area contributed by atoms with Crippen LogP contribution in [0, 0.1) is 0 Å². The van der Waals surface area contributed by atoms with Crippen molar-refractivity contribution >= 4 is 26.7 Å². The van der Waals surface area contributed by atoms with Gasteiger partial charge in [0.05, 0.1) is 16.3 Å². The van der Waals surface area contributed by atoms with Crippen LogP contribution in [0.2, 0.25) is 0 Å². The Labute approximate surface area is 181 Å². The van der Waals surface area contributed by atoms with Gasteiger partial charge in [-0.25, -0.2) is 13.1 Å². The molecule has 0 aliphatic rings. The number of fused-ring (bicyclic) bond motifs is 1. The zero-order valence-corrected chi connectivity index (χ0v) is 18.8. The minimum absolute atomic E-state index is 0.158. The van der Waals surface area contributed by atoms with Crippen LogP contribution in [-0.2, 0) is 17.1 Å². The molecule has 0 saturated carbocycles. The number of aryl methyl sites for hydroxylation is 1. The highest BCUT2D eigenvalue weighted by Gasteiger charge is 2.22. The molecule has 164 valence electrons. The Kier molecular flexibility index (Phi) is 6.56. The number of hydrogen-bond acceptors (Lipinski definition) is 5. The summed E-state index contributed by atoms with van der Waals surface area (Å²) in [6.07, 6.45) is 0. The molecule has 1 aromatic heterocycles. The number of hydrogen-bond donors (Lipinski definition) is 1. The molecule has 0 radical (unpaired) electrons. The number of sulfonamides is 1. The van der Waals surface area contributed by atoms with Crippen molar-refractivity contribution in [1.29, 1.82) is 0 Å². The third-order valence-corrected chi connectivity index (χ3v) is 7.31. The molecule has 31 heavy (non-hydrogen) atoms. The molecule has 2 aromatic carbocycles. The predicted octanol–water partition coefficient (Wildman–Crippen LogP) is 2.46. The van der Waals surface area contributed by atoms with Crippen LogP contribution in [0.5, 0.6) is 0 Å². The zero-order chi connectivity index (χ0) is 22.8. The minimum atomic E-state index is -3.54. The standard InChI is InChI=1S/C22H26N4O4S/c1-5-26(6-2)31(29,30)17-13-11-16(12-14-17)15(3)23-21(27)20-18-9-7-8-10-19(18)22(28)25(4)24-20/h7-15H,5-6H2,1-4H3,(H,23,27)/t15-/m1/s1. The van der Waals surface area contributed by atoms with Crippen molar-refractivity contribution in [3.8, 4) is 0 Å². The van der Waals surface area contributed by atoms with Gasteiger partial charge >= 0.3 is 0 Å². The first kappa shape index (κ1) is 22.6. The average molecular weight is 443 g/mol. The summed E-state index contributed by atoms with van der Waals surface area (Å²) in [6.45, 7) is 6.19. The van der Waals surface area contributed by atoms with Crippen molar-refractivity contribution in [3.63, 3.8) is 0 Å². The van der Waals surface area contributed by atoms with E-state index in [9.17, 15) is 18.0 Å². The number of amides is 1. The monoisotopic (exact) mass is 442 g/mol. The Morgan fingerprint density at radius 3 is 2.23 bits per heavy atom. The molecule has 0 aliphatic heterocycles. The second-order valence-corrected chi connectivity index (χ2v) is 9.11. The molecule has 0 unspecified atom stereocenters. The number of nitrogens with one attached hydrogen (secondary N) is 1. The van der Waals surface area contributed by atoms with E-state index in [2.05, 4.69) is 10.4 Å². The lowest BCUT2D eigenvalue weighted by Crippen LogP contribution is -2.31. The van der Waals surface area contributed by atoms with Crippen molar-refractivity contribution in [2.75, 3.05) is 13.1 Å². The molecule has 1 amide bonds. The summed E-state index contributed by atoms with van der Waals surface area (Å²) in [7, 11) is -2.04. The predicted molar refractivity (Wildman–Crippen MR) is 119 cm³/mol. The van der Waals surface area contributed by atoms with Crippen LogP contribution < -0.4 is 10.9 Å². The molecule has 3 rings (SSSR count). The number of benzene rings is 2. The highest BCUT2D eigenvalue weighted by molar-refractivity contribution is 7.89. The summed E-state index contributed by atoms with van der Waals surface area (Å²) in [5.74, 6) is -0.417. The lowest BCUT2D eigenvalue weighted by atomic mass is 10.1. The van der Waals surface area contributed by atoms with Gasteiger partial charge in [0, 0.05) is 25.5 Å². The molecule has 0 fully saturated rings. The van der Waals surface area contributed by atoms with E-state index in [1.807, 2.05) is 0 Å². The number of carbonyl (C=O) groups is 1. The van der Waals surface area contributed by atoms with Gasteiger partial charge in [-0.05, 0) is 30.7 Å². The second-order valence-electron chi connectivity index (χ2n) is 7.18. The van der Waals surface area contributed by atoms with Crippen molar-refractivity contribution in [2.45, 2.75) is 31.7 Å². The third kappa shape index (κ3) is 4.38. The number of rotatable bonds is 7. The van der Waals surface area contributed by atoms with Crippen LogP contribution >= 0.6 is 0 Å². The molecule has 0 saturated heterocycles. The zero-order valence-electron chi connectivity index (χ0n) is 18.0. The number of carbonyl (C=O) groups excluding carboxylic acids is 1. The first-order valence-electron chi connectivity index (χ1n) is 10.1. The molecular formula is C22H26N4O4S. The van der Waals surface area contributed by atoms with Crippen LogP contribution in [0.15, 0.2) is 58.2 Å². The molecule has 0 spiro atoms. The molecule has 1 N–H and O–H groups in total. The van der Waals surface area contributed by atoms with Gasteiger partial charge in [0.1, 0.15) is 0 Å². The summed E-state index contributed by atoms with van der Waals surface area (Å²) in [6, 6.07) is 12.9. The largest absolute Gasteiger partial charge is 0.344 e. The van der Waals surface area contributed by atoms with Crippen LogP contribution in [0.1, 0.15) is 42.9 Å². The van der Waals surface area contributed by atoms with Crippen LogP contribution in [-0.4, -0.2) is 41.5 Å². The average Bonchev–Trinajstić information content (AvgIpc) is 2.77. The molecule has 0 aliphatic carbocycles. The van der Waals surface area contributed by atoms with Crippen LogP contribution in [0.25, 0.3) is 10.8 Å². The second kappa shape index (κ2) is 8.99. The molecule has 1 atom stereocenters. The van der Waals surface area contributed by atoms with E-state index in [1.165, 1.54) is 11.4 Å². The highest BCUT2D eigenvalue weighted by atomic mass is 32.2. The minimum Gasteiger partial charge on any atom is -0.344 e. The molecular weight excluding hydrogens is 416 g/mol. The van der Waals surface area contributed by atoms with E-state index in [-0.39, 0.29) is 16.1 Å². The van der Waals surface area contributed by atoms with Crippen LogP contribution in [0.3, 0.4) is 0 Å². The maximum atomic E-state index is 12.9. The van der Waals surface area contributed by atoms with Gasteiger partial charge in [-0.1, -0.05) is 44.2 Å². The maximum Gasteiger partial charge on any atom is 0.274 e. The maximum absolute atomic E-state index is 12.9. The molecule has 0 bridgehead atoms. The molecule has 1 heterocycles. The van der Waals surface area contributed by atoms with E-state index in [1.54, 1.807) is 69.3 Å². The van der Waals surface area contributed by atoms with Gasteiger partial charge in [-0.3, -0.25) is 9.59 Å². The lowest BCUT2D eigenvalue weighted by Gasteiger charge is -2.19. The van der Waals surface area contributed by atoms with Gasteiger partial charge in [-0.15, -0.1) is 0 Å². The van der Waals surface area contributed by atoms with E-state index >= 15 is 0 Å². The topological polar surface area (TPSA) is 101 Å². The summed E-state index contributed by atoms with van der Waals surface area (Å²) in [5, 5.41) is 7.92. The van der Waals surface area contributed by atoms with Crippen molar-refractivity contribution in [2.24, 2.45) is 7.05 Å². The van der Waals surface area contributed by atoms with Crippen molar-refractivity contribution in [1.82, 2.24) is 19.4 Å². The Morgan fingerprint density at radius 1 is 1.06 bits per heavy atom. The van der Waals surface area contributed by atoms with Gasteiger partial charge in [0.25, 0.3) is 11.5 Å². The Balaban J connectivity index is 1.85. The van der Waals surface area contributed by atoms with Crippen LogP contribution in [0.4, 0.5) is 0 Å². The van der Waals surface area contributed by atoms with E-state index in [0.717, 1.165) is 10.2 Å². The Morgan fingerprint density at radius 2 is 1.65 bits per heavy atom. The quantitative estimate of drug-likeness (QED) is 0.606.